The molecule has 0 aliphatic carbocycles. The third-order valence-corrected chi connectivity index (χ3v) is 7.62. The second-order valence-electron chi connectivity index (χ2n) is 8.86. The van der Waals surface area contributed by atoms with Crippen LogP contribution in [0.15, 0.2) is 82.7 Å². The topological polar surface area (TPSA) is 91.3 Å². The van der Waals surface area contributed by atoms with Crippen molar-refractivity contribution < 1.29 is 31.1 Å². The molecule has 3 aromatic rings. The van der Waals surface area contributed by atoms with E-state index in [4.69, 9.17) is 0 Å². The molecule has 8 nitrogen and oxygen atoms in total. The van der Waals surface area contributed by atoms with Crippen molar-refractivity contribution in [3.8, 4) is 5.75 Å². The van der Waals surface area contributed by atoms with Gasteiger partial charge in [-0.15, -0.1) is 13.2 Å². The van der Waals surface area contributed by atoms with Gasteiger partial charge < -0.3 is 14.5 Å². The first-order valence-corrected chi connectivity index (χ1v) is 13.7. The number of nitrogens with one attached hydrogen (secondary N) is 1. The third kappa shape index (κ3) is 6.81. The van der Waals surface area contributed by atoms with Crippen LogP contribution in [0.4, 0.5) is 30.2 Å². The number of anilines is 2. The summed E-state index contributed by atoms with van der Waals surface area (Å²) in [5.41, 5.74) is 2.27. The fourth-order valence-electron chi connectivity index (χ4n) is 4.34. The van der Waals surface area contributed by atoms with Crippen molar-refractivity contribution in [2.75, 3.05) is 35.8 Å². The molecule has 0 saturated carbocycles. The quantitative estimate of drug-likeness (QED) is 0.349. The minimum absolute atomic E-state index is 0.0151. The van der Waals surface area contributed by atoms with Crippen molar-refractivity contribution >= 4 is 45.8 Å². The van der Waals surface area contributed by atoms with Gasteiger partial charge in [-0.25, -0.2) is 8.42 Å². The van der Waals surface area contributed by atoms with E-state index in [1.165, 1.54) is 30.3 Å². The number of allylic oxidation sites excluding steroid dienone is 1. The number of piperazine rings is 1. The van der Waals surface area contributed by atoms with Gasteiger partial charge in [0.05, 0.1) is 5.69 Å². The van der Waals surface area contributed by atoms with E-state index < -0.39 is 16.4 Å². The summed E-state index contributed by atoms with van der Waals surface area (Å²) >= 11 is 0. The molecule has 40 heavy (non-hydrogen) atoms. The van der Waals surface area contributed by atoms with Crippen molar-refractivity contribution in [3.05, 3.63) is 83.9 Å². The summed E-state index contributed by atoms with van der Waals surface area (Å²) in [7, 11) is -3.98. The summed E-state index contributed by atoms with van der Waals surface area (Å²) in [6, 6.07) is 16.5. The van der Waals surface area contributed by atoms with Crippen LogP contribution >= 0.6 is 0 Å². The predicted octanol–water partition coefficient (Wildman–Crippen LogP) is 5.71. The minimum atomic E-state index is -4.75. The molecular weight excluding hydrogens is 545 g/mol. The Morgan fingerprint density at radius 1 is 1.00 bits per heavy atom. The number of nitrogens with zero attached hydrogens (tertiary/aromatic N) is 3. The molecule has 0 radical (unpaired) electrons. The van der Waals surface area contributed by atoms with Gasteiger partial charge in [0.25, 0.3) is 15.9 Å². The molecule has 1 N–H and O–H groups in total. The summed E-state index contributed by atoms with van der Waals surface area (Å²) in [5, 5.41) is 0. The second-order valence-corrected chi connectivity index (χ2v) is 10.5. The van der Waals surface area contributed by atoms with Crippen LogP contribution in [0.1, 0.15) is 22.8 Å². The zero-order valence-corrected chi connectivity index (χ0v) is 22.4. The van der Waals surface area contributed by atoms with Crippen LogP contribution in [0, 0.1) is 0 Å². The van der Waals surface area contributed by atoms with Crippen molar-refractivity contribution in [1.82, 2.24) is 4.90 Å². The summed E-state index contributed by atoms with van der Waals surface area (Å²) in [5.74, 6) is -0.504. The fourth-order valence-corrected chi connectivity index (χ4v) is 5.59. The molecule has 1 fully saturated rings. The van der Waals surface area contributed by atoms with Gasteiger partial charge in [-0.1, -0.05) is 24.3 Å². The highest BCUT2D eigenvalue weighted by Gasteiger charge is 2.31. The Labute approximate surface area is 230 Å². The van der Waals surface area contributed by atoms with Crippen LogP contribution in [0.2, 0.25) is 0 Å². The number of rotatable bonds is 8. The molecule has 210 valence electrons. The number of carbonyl (C=O) groups excluding carboxylic acids is 1. The van der Waals surface area contributed by atoms with Gasteiger partial charge in [-0.3, -0.25) is 14.5 Å². The standard InChI is InChI=1S/C28H27F3N4O4S/c1-3-5-20-6-4-7-25(26(20)32-2)40(37,38)33-22-10-8-21(9-11-22)27(36)35-18-16-34(17-19-35)23-12-14-24(15-13-23)39-28(29,30)31/h3-15,33H,2,16-19H2,1H3/b5-3-. The average molecular weight is 573 g/mol. The monoisotopic (exact) mass is 572 g/mol. The highest BCUT2D eigenvalue weighted by atomic mass is 32.2. The van der Waals surface area contributed by atoms with Crippen LogP contribution < -0.4 is 14.4 Å². The molecule has 0 unspecified atom stereocenters. The number of halogens is 3. The smallest absolute Gasteiger partial charge is 0.406 e. The molecule has 12 heteroatoms. The lowest BCUT2D eigenvalue weighted by Gasteiger charge is -2.36. The number of benzene rings is 3. The lowest BCUT2D eigenvalue weighted by molar-refractivity contribution is -0.274. The second kappa shape index (κ2) is 11.8. The van der Waals surface area contributed by atoms with E-state index in [9.17, 15) is 26.4 Å². The molecule has 3 aromatic carbocycles. The number of aliphatic imine (C=N–C) groups is 1. The van der Waals surface area contributed by atoms with Crippen LogP contribution in [-0.2, 0) is 10.0 Å². The van der Waals surface area contributed by atoms with E-state index in [1.54, 1.807) is 53.5 Å². The first kappa shape index (κ1) is 28.7. The van der Waals surface area contributed by atoms with Crippen molar-refractivity contribution in [2.45, 2.75) is 18.2 Å². The van der Waals surface area contributed by atoms with Gasteiger partial charge in [-0.05, 0) is 68.2 Å². The van der Waals surface area contributed by atoms with Crippen LogP contribution in [0.5, 0.6) is 5.75 Å². The van der Waals surface area contributed by atoms with E-state index in [0.29, 0.717) is 37.3 Å². The normalized spacial score (nSPS) is 14.3. The highest BCUT2D eigenvalue weighted by Crippen LogP contribution is 2.31. The molecule has 1 saturated heterocycles. The van der Waals surface area contributed by atoms with Crippen molar-refractivity contribution in [1.29, 1.82) is 0 Å². The van der Waals surface area contributed by atoms with E-state index in [-0.39, 0.29) is 27.9 Å². The average Bonchev–Trinajstić information content (AvgIpc) is 2.92. The Kier molecular flexibility index (Phi) is 8.48. The molecule has 0 bridgehead atoms. The molecule has 0 aromatic heterocycles. The van der Waals surface area contributed by atoms with Gasteiger partial charge >= 0.3 is 6.36 Å². The molecule has 1 heterocycles. The molecule has 0 spiro atoms. The van der Waals surface area contributed by atoms with Gasteiger partial charge in [0, 0.05) is 48.7 Å². The van der Waals surface area contributed by atoms with E-state index in [0.717, 1.165) is 5.69 Å². The Bertz CT molecular complexity index is 1500. The first-order chi connectivity index (χ1) is 19.0. The summed E-state index contributed by atoms with van der Waals surface area (Å²) in [6.45, 7) is 7.13. The molecular formula is C28H27F3N4O4S. The number of ether oxygens (including phenoxy) is 1. The first-order valence-electron chi connectivity index (χ1n) is 12.3. The molecule has 4 rings (SSSR count). The largest absolute Gasteiger partial charge is 0.573 e. The molecule has 1 amide bonds. The van der Waals surface area contributed by atoms with E-state index in [2.05, 4.69) is 21.2 Å². The molecule has 0 atom stereocenters. The van der Waals surface area contributed by atoms with Gasteiger partial charge in [0.1, 0.15) is 10.6 Å². The third-order valence-electron chi connectivity index (χ3n) is 6.21. The number of hydrogen-bond acceptors (Lipinski definition) is 6. The van der Waals surface area contributed by atoms with Gasteiger partial charge in [0.15, 0.2) is 0 Å². The van der Waals surface area contributed by atoms with Gasteiger partial charge in [0.2, 0.25) is 0 Å². The number of hydrogen-bond donors (Lipinski definition) is 1. The maximum atomic E-state index is 13.1. The Morgan fingerprint density at radius 3 is 2.23 bits per heavy atom. The minimum Gasteiger partial charge on any atom is -0.406 e. The van der Waals surface area contributed by atoms with Gasteiger partial charge in [-0.2, -0.15) is 0 Å². The summed E-state index contributed by atoms with van der Waals surface area (Å²) in [6.07, 6.45) is -1.23. The summed E-state index contributed by atoms with van der Waals surface area (Å²) in [4.78, 5) is 20.6. The Balaban J connectivity index is 1.38. The highest BCUT2D eigenvalue weighted by molar-refractivity contribution is 7.92. The van der Waals surface area contributed by atoms with Crippen LogP contribution in [-0.4, -0.2) is 58.5 Å². The van der Waals surface area contributed by atoms with E-state index in [1.807, 2.05) is 11.8 Å². The zero-order chi connectivity index (χ0) is 28.9. The number of amides is 1. The number of carbonyl (C=O) groups is 1. The number of sulfonamides is 1. The molecule has 1 aliphatic rings. The Morgan fingerprint density at radius 2 is 1.65 bits per heavy atom. The lowest BCUT2D eigenvalue weighted by atomic mass is 10.1. The van der Waals surface area contributed by atoms with Crippen molar-refractivity contribution in [2.24, 2.45) is 4.99 Å². The number of alkyl halides is 3. The van der Waals surface area contributed by atoms with E-state index >= 15 is 0 Å². The summed E-state index contributed by atoms with van der Waals surface area (Å²) < 4.78 is 69.7. The molecule has 1 aliphatic heterocycles. The van der Waals surface area contributed by atoms with Crippen LogP contribution in [0.3, 0.4) is 0 Å². The fraction of sp³-hybridized carbons (Fsp3) is 0.214. The van der Waals surface area contributed by atoms with Crippen LogP contribution in [0.25, 0.3) is 6.08 Å². The lowest BCUT2D eigenvalue weighted by Crippen LogP contribution is -2.48. The SMILES string of the molecule is C=Nc1c(/C=C\C)cccc1S(=O)(=O)Nc1ccc(C(=O)N2CCN(c3ccc(OC(F)(F)F)cc3)CC2)cc1. The number of para-hydroxylation sites is 1. The van der Waals surface area contributed by atoms with Crippen molar-refractivity contribution in [3.63, 3.8) is 0 Å². The maximum Gasteiger partial charge on any atom is 0.573 e. The Hall–Kier alpha value is -4.32. The maximum absolute atomic E-state index is 13.1. The predicted molar refractivity (Wildman–Crippen MR) is 149 cm³/mol. The zero-order valence-electron chi connectivity index (χ0n) is 21.6.